The molecule has 16 heavy (non-hydrogen) atoms. The second-order valence-electron chi connectivity index (χ2n) is 4.45. The second-order valence-corrected chi connectivity index (χ2v) is 4.98. The van der Waals surface area contributed by atoms with E-state index in [0.29, 0.717) is 12.6 Å². The number of alkyl halides is 1. The highest BCUT2D eigenvalue weighted by Crippen LogP contribution is 2.17. The van der Waals surface area contributed by atoms with E-state index in [1.807, 2.05) is 11.9 Å². The molecule has 1 aliphatic heterocycles. The van der Waals surface area contributed by atoms with Crippen molar-refractivity contribution < 1.29 is 9.90 Å². The molecule has 0 spiro atoms. The van der Waals surface area contributed by atoms with Gasteiger partial charge in [-0.3, -0.25) is 9.69 Å². The highest BCUT2D eigenvalue weighted by atomic mass is 35.5. The van der Waals surface area contributed by atoms with Gasteiger partial charge in [0.25, 0.3) is 0 Å². The lowest BCUT2D eigenvalue weighted by atomic mass is 10.2. The number of halogens is 1. The maximum absolute atomic E-state index is 10.6. The SMILES string of the molecule is CCN1CCCC1CN(C)CC(Cl)C(=O)O. The van der Waals surface area contributed by atoms with Crippen LogP contribution in [-0.4, -0.2) is 65.5 Å². The summed E-state index contributed by atoms with van der Waals surface area (Å²) >= 11 is 5.71. The van der Waals surface area contributed by atoms with Gasteiger partial charge in [-0.05, 0) is 33.0 Å². The van der Waals surface area contributed by atoms with Crippen molar-refractivity contribution in [1.82, 2.24) is 9.80 Å². The summed E-state index contributed by atoms with van der Waals surface area (Å²) in [5.41, 5.74) is 0. The predicted octanol–water partition coefficient (Wildman–Crippen LogP) is 1.09. The Labute approximate surface area is 102 Å². The Morgan fingerprint density at radius 2 is 2.38 bits per heavy atom. The van der Waals surface area contributed by atoms with Crippen molar-refractivity contribution in [3.05, 3.63) is 0 Å². The molecule has 0 saturated carbocycles. The maximum atomic E-state index is 10.6. The highest BCUT2D eigenvalue weighted by molar-refractivity contribution is 6.29. The molecule has 94 valence electrons. The molecule has 0 amide bonds. The minimum atomic E-state index is -0.938. The molecule has 5 heteroatoms. The van der Waals surface area contributed by atoms with Gasteiger partial charge in [-0.2, -0.15) is 0 Å². The first-order valence-corrected chi connectivity index (χ1v) is 6.27. The number of aliphatic carboxylic acids is 1. The van der Waals surface area contributed by atoms with Crippen LogP contribution in [0.4, 0.5) is 0 Å². The van der Waals surface area contributed by atoms with Crippen molar-refractivity contribution in [2.24, 2.45) is 0 Å². The molecule has 1 heterocycles. The van der Waals surface area contributed by atoms with Crippen LogP contribution in [0.1, 0.15) is 19.8 Å². The largest absolute Gasteiger partial charge is 0.480 e. The molecule has 1 fully saturated rings. The zero-order valence-electron chi connectivity index (χ0n) is 10.0. The van der Waals surface area contributed by atoms with Gasteiger partial charge < -0.3 is 10.0 Å². The average molecular weight is 249 g/mol. The molecule has 2 unspecified atom stereocenters. The fraction of sp³-hybridized carbons (Fsp3) is 0.909. The second kappa shape index (κ2) is 6.42. The number of rotatable bonds is 6. The van der Waals surface area contributed by atoms with E-state index >= 15 is 0 Å². The summed E-state index contributed by atoms with van der Waals surface area (Å²) < 4.78 is 0. The molecule has 0 aromatic heterocycles. The van der Waals surface area contributed by atoms with Crippen LogP contribution in [0, 0.1) is 0 Å². The van der Waals surface area contributed by atoms with Crippen LogP contribution < -0.4 is 0 Å². The van der Waals surface area contributed by atoms with E-state index < -0.39 is 11.3 Å². The molecule has 0 aromatic carbocycles. The number of likely N-dealkylation sites (N-methyl/N-ethyl adjacent to an activating group) is 2. The van der Waals surface area contributed by atoms with E-state index in [1.54, 1.807) is 0 Å². The Bertz CT molecular complexity index is 238. The number of hydrogen-bond acceptors (Lipinski definition) is 3. The van der Waals surface area contributed by atoms with Crippen LogP contribution in [0.3, 0.4) is 0 Å². The Kier molecular flexibility index (Phi) is 5.52. The molecule has 1 saturated heterocycles. The molecule has 4 nitrogen and oxygen atoms in total. The number of nitrogens with zero attached hydrogens (tertiary/aromatic N) is 2. The number of likely N-dealkylation sites (tertiary alicyclic amines) is 1. The van der Waals surface area contributed by atoms with Crippen LogP contribution in [0.5, 0.6) is 0 Å². The van der Waals surface area contributed by atoms with Gasteiger partial charge in [-0.15, -0.1) is 11.6 Å². The molecular formula is C11H21ClN2O2. The molecule has 0 aromatic rings. The summed E-state index contributed by atoms with van der Waals surface area (Å²) in [6.07, 6.45) is 2.45. The summed E-state index contributed by atoms with van der Waals surface area (Å²) in [4.78, 5) is 15.1. The average Bonchev–Trinajstić information content (AvgIpc) is 2.64. The third kappa shape index (κ3) is 3.92. The molecule has 2 atom stereocenters. The lowest BCUT2D eigenvalue weighted by molar-refractivity contribution is -0.136. The van der Waals surface area contributed by atoms with Gasteiger partial charge >= 0.3 is 5.97 Å². The number of carboxylic acids is 1. The van der Waals surface area contributed by atoms with E-state index in [9.17, 15) is 4.79 Å². The van der Waals surface area contributed by atoms with E-state index in [4.69, 9.17) is 16.7 Å². The summed E-state index contributed by atoms with van der Waals surface area (Å²) in [6.45, 7) is 5.72. The smallest absolute Gasteiger partial charge is 0.322 e. The third-order valence-corrected chi connectivity index (χ3v) is 3.49. The van der Waals surface area contributed by atoms with Crippen molar-refractivity contribution >= 4 is 17.6 Å². The van der Waals surface area contributed by atoms with Gasteiger partial charge in [0.15, 0.2) is 0 Å². The van der Waals surface area contributed by atoms with Crippen LogP contribution >= 0.6 is 11.6 Å². The number of carboxylic acid groups (broad SMARTS) is 1. The van der Waals surface area contributed by atoms with Gasteiger partial charge in [0.2, 0.25) is 0 Å². The number of carbonyl (C=O) groups is 1. The third-order valence-electron chi connectivity index (χ3n) is 3.17. The normalized spacial score (nSPS) is 23.9. The summed E-state index contributed by atoms with van der Waals surface area (Å²) in [5, 5.41) is 7.92. The zero-order valence-corrected chi connectivity index (χ0v) is 10.8. The summed E-state index contributed by atoms with van der Waals surface area (Å²) in [6, 6.07) is 0.563. The van der Waals surface area contributed by atoms with Crippen molar-refractivity contribution in [3.63, 3.8) is 0 Å². The Balaban J connectivity index is 2.33. The maximum Gasteiger partial charge on any atom is 0.322 e. The topological polar surface area (TPSA) is 43.8 Å². The molecule has 0 radical (unpaired) electrons. The van der Waals surface area contributed by atoms with E-state index in [0.717, 1.165) is 19.6 Å². The quantitative estimate of drug-likeness (QED) is 0.715. The van der Waals surface area contributed by atoms with E-state index in [1.165, 1.54) is 12.8 Å². The van der Waals surface area contributed by atoms with Crippen molar-refractivity contribution in [1.29, 1.82) is 0 Å². The monoisotopic (exact) mass is 248 g/mol. The van der Waals surface area contributed by atoms with Crippen molar-refractivity contribution in [3.8, 4) is 0 Å². The molecule has 1 aliphatic rings. The lowest BCUT2D eigenvalue weighted by Crippen LogP contribution is -2.41. The molecule has 1 N–H and O–H groups in total. The van der Waals surface area contributed by atoms with Gasteiger partial charge in [0, 0.05) is 19.1 Å². The molecular weight excluding hydrogens is 228 g/mol. The van der Waals surface area contributed by atoms with Crippen LogP contribution in [0.15, 0.2) is 0 Å². The highest BCUT2D eigenvalue weighted by Gasteiger charge is 2.25. The number of hydrogen-bond donors (Lipinski definition) is 1. The van der Waals surface area contributed by atoms with E-state index in [2.05, 4.69) is 11.8 Å². The van der Waals surface area contributed by atoms with Gasteiger partial charge in [-0.1, -0.05) is 6.92 Å². The Morgan fingerprint density at radius 1 is 1.69 bits per heavy atom. The first-order chi connectivity index (χ1) is 7.54. The van der Waals surface area contributed by atoms with Gasteiger partial charge in [-0.25, -0.2) is 0 Å². The van der Waals surface area contributed by atoms with Crippen LogP contribution in [0.2, 0.25) is 0 Å². The predicted molar refractivity (Wildman–Crippen MR) is 65.0 cm³/mol. The van der Waals surface area contributed by atoms with Gasteiger partial charge in [0.1, 0.15) is 5.38 Å². The fourth-order valence-corrected chi connectivity index (χ4v) is 2.54. The van der Waals surface area contributed by atoms with Gasteiger partial charge in [0.05, 0.1) is 0 Å². The molecule has 1 rings (SSSR count). The first kappa shape index (κ1) is 13.7. The van der Waals surface area contributed by atoms with Crippen LogP contribution in [-0.2, 0) is 4.79 Å². The first-order valence-electron chi connectivity index (χ1n) is 5.84. The standard InChI is InChI=1S/C11H21ClN2O2/c1-3-14-6-4-5-9(14)7-13(2)8-10(12)11(15)16/h9-10H,3-8H2,1-2H3,(H,15,16). The fourth-order valence-electron chi connectivity index (χ4n) is 2.30. The minimum absolute atomic E-state index is 0.408. The van der Waals surface area contributed by atoms with Crippen molar-refractivity contribution in [2.45, 2.75) is 31.2 Å². The zero-order chi connectivity index (χ0) is 12.1. The summed E-state index contributed by atoms with van der Waals surface area (Å²) in [7, 11) is 1.94. The Hall–Kier alpha value is -0.320. The van der Waals surface area contributed by atoms with Crippen LogP contribution in [0.25, 0.3) is 0 Å². The lowest BCUT2D eigenvalue weighted by Gasteiger charge is -2.28. The molecule has 0 bridgehead atoms. The minimum Gasteiger partial charge on any atom is -0.480 e. The Morgan fingerprint density at radius 3 is 2.94 bits per heavy atom. The van der Waals surface area contributed by atoms with Crippen molar-refractivity contribution in [2.75, 3.05) is 33.2 Å². The van der Waals surface area contributed by atoms with E-state index in [-0.39, 0.29) is 0 Å². The molecule has 0 aliphatic carbocycles. The summed E-state index contributed by atoms with van der Waals surface area (Å²) in [5.74, 6) is -0.938.